The van der Waals surface area contributed by atoms with Crippen molar-refractivity contribution in [1.82, 2.24) is 36.1 Å². The quantitative estimate of drug-likeness (QED) is 0.0240. The van der Waals surface area contributed by atoms with E-state index in [9.17, 15) is 58.7 Å². The number of ether oxygens (including phenoxy) is 1. The molecule has 0 saturated heterocycles. The number of fused-ring (bicyclic) bond motifs is 3. The molecular weight excluding hydrogens is 1370 g/mol. The van der Waals surface area contributed by atoms with Crippen LogP contribution in [0.2, 0.25) is 0 Å². The summed E-state index contributed by atoms with van der Waals surface area (Å²) in [4.78, 5) is 96.5. The molecule has 8 N–H and O–H groups in total. The topological polar surface area (TPSA) is 328 Å². The number of carboxylic acids is 1. The third-order valence-electron chi connectivity index (χ3n) is 14.2. The van der Waals surface area contributed by atoms with Crippen LogP contribution in [-0.4, -0.2) is 78.0 Å². The van der Waals surface area contributed by atoms with Crippen LogP contribution in [0.4, 0.5) is 45.2 Å². The minimum Gasteiger partial charge on any atom is -0.544 e. The fourth-order valence-electron chi connectivity index (χ4n) is 9.61. The van der Waals surface area contributed by atoms with Gasteiger partial charge in [-0.25, -0.2) is 15.0 Å². The molecule has 0 spiro atoms. The van der Waals surface area contributed by atoms with Crippen molar-refractivity contribution in [1.29, 1.82) is 0 Å². The van der Waals surface area contributed by atoms with Crippen molar-refractivity contribution >= 4 is 74.3 Å². The van der Waals surface area contributed by atoms with Crippen molar-refractivity contribution in [3.8, 4) is 39.5 Å². The van der Waals surface area contributed by atoms with Gasteiger partial charge in [-0.3, -0.25) is 24.0 Å². The van der Waals surface area contributed by atoms with E-state index in [-0.39, 0.29) is 95.6 Å². The van der Waals surface area contributed by atoms with Gasteiger partial charge in [0.25, 0.3) is 5.97 Å². The Morgan fingerprint density at radius 1 is 0.525 bits per heavy atom. The molecule has 101 heavy (non-hydrogen) atoms. The monoisotopic (exact) mass is 1420 g/mol. The molecule has 12 aromatic rings. The number of ketones is 3. The van der Waals surface area contributed by atoms with E-state index in [0.29, 0.717) is 51.6 Å². The van der Waals surface area contributed by atoms with E-state index in [2.05, 4.69) is 35.2 Å². The maximum Gasteiger partial charge on any atom is 1.00 e. The van der Waals surface area contributed by atoms with Gasteiger partial charge in [0.15, 0.2) is 17.3 Å². The summed E-state index contributed by atoms with van der Waals surface area (Å²) >= 11 is -0.417. The van der Waals surface area contributed by atoms with Gasteiger partial charge in [-0.05, 0) is 132 Å². The number of hydrogen-bond donors (Lipinski definition) is 6. The van der Waals surface area contributed by atoms with Crippen LogP contribution in [0.25, 0.3) is 66.5 Å². The minimum absolute atomic E-state index is 0. The number of halogens is 10. The van der Waals surface area contributed by atoms with Crippen molar-refractivity contribution in [2.24, 2.45) is 0 Å². The molecule has 0 bridgehead atoms. The second-order valence-corrected chi connectivity index (χ2v) is 21.0. The number of nitrogens with zero attached hydrogens (tertiary/aromatic N) is 3. The van der Waals surface area contributed by atoms with Crippen LogP contribution >= 0.6 is 0 Å². The van der Waals surface area contributed by atoms with Crippen LogP contribution in [-0.2, 0) is 57.0 Å². The first kappa shape index (κ1) is 80.7. The molecule has 0 atom stereocenters. The Hall–Kier alpha value is -10.9. The van der Waals surface area contributed by atoms with Crippen molar-refractivity contribution in [3.05, 3.63) is 257 Å². The first-order chi connectivity index (χ1) is 47.2. The molecule has 6 heterocycles. The van der Waals surface area contributed by atoms with Gasteiger partial charge >= 0.3 is 54.2 Å². The number of anilines is 1. The largest absolute Gasteiger partial charge is 1.00 e. The molecule has 0 aliphatic carbocycles. The number of pyridine rings is 3. The Bertz CT molecular complexity index is 4810. The van der Waals surface area contributed by atoms with Crippen LogP contribution < -0.4 is 55.1 Å². The van der Waals surface area contributed by atoms with Gasteiger partial charge in [0.1, 0.15) is 22.8 Å². The number of H-pyrrole nitrogens is 3. The SMILES string of the molecule is CC(=O)O.COc1c[nH]c2ccc(-c3cccc(C(=O)Cc4ccc(C(F)(F)F)cc4)n3)cc12.N.O=C(Cc1ccc(C(F)(F)F)cc1)c1cccc(-c2ccc3[nH]ccc3c2)n1.O=C=O.O=CNc1c[nH]c2ccc(-c3cccc(C(=O)Cc4ccc(C(F)(F)F)cc4)n3)cc12.[Na+].[O-][Cl+][O-]. The molecule has 19 nitrogen and oxygen atoms in total. The normalized spacial score (nSPS) is 10.7. The van der Waals surface area contributed by atoms with Gasteiger partial charge in [0, 0.05) is 94.2 Å². The first-order valence-corrected chi connectivity index (χ1v) is 29.4. The zero-order chi connectivity index (χ0) is 72.0. The summed E-state index contributed by atoms with van der Waals surface area (Å²) in [6.45, 7) is 1.08. The molecule has 12 rings (SSSR count). The molecule has 0 radical (unpaired) electrons. The van der Waals surface area contributed by atoms with Crippen LogP contribution in [0.5, 0.6) is 5.75 Å². The third kappa shape index (κ3) is 23.1. The molecule has 0 fully saturated rings. The Kier molecular flexibility index (Phi) is 29.8. The zero-order valence-electron chi connectivity index (χ0n) is 53.2. The number of aromatic amines is 3. The number of methoxy groups -OCH3 is 1. The Labute approximate surface area is 593 Å². The van der Waals surface area contributed by atoms with E-state index in [1.54, 1.807) is 68.0 Å². The van der Waals surface area contributed by atoms with Crippen LogP contribution in [0.3, 0.4) is 0 Å². The first-order valence-electron chi connectivity index (χ1n) is 28.8. The molecule has 6 aromatic heterocycles. The summed E-state index contributed by atoms with van der Waals surface area (Å²) in [6.07, 6.45) is -7.16. The summed E-state index contributed by atoms with van der Waals surface area (Å²) in [7, 11) is 1.59. The van der Waals surface area contributed by atoms with Crippen molar-refractivity contribution in [2.45, 2.75) is 44.7 Å². The number of aromatic nitrogens is 6. The van der Waals surface area contributed by atoms with Gasteiger partial charge in [-0.2, -0.15) is 49.1 Å². The van der Waals surface area contributed by atoms with E-state index in [0.717, 1.165) is 92.7 Å². The molecule has 1 amide bonds. The van der Waals surface area contributed by atoms with E-state index in [1.165, 1.54) is 36.4 Å². The molecular formula is C71H55ClF9N8NaO11. The Morgan fingerprint density at radius 2 is 0.861 bits per heavy atom. The number of Topliss-reactive ketones (excluding diaryl/α,β-unsaturated/α-hetero) is 3. The smallest absolute Gasteiger partial charge is 0.544 e. The summed E-state index contributed by atoms with van der Waals surface area (Å²) < 4.78 is 136. The number of carboxylic acid groups (broad SMARTS) is 1. The van der Waals surface area contributed by atoms with E-state index < -0.39 is 52.5 Å². The fraction of sp³-hybridized carbons (Fsp3) is 0.113. The van der Waals surface area contributed by atoms with Gasteiger partial charge < -0.3 is 45.6 Å². The second kappa shape index (κ2) is 37.3. The van der Waals surface area contributed by atoms with Crippen LogP contribution in [0.15, 0.2) is 207 Å². The molecule has 516 valence electrons. The number of amides is 1. The molecule has 6 aromatic carbocycles. The summed E-state index contributed by atoms with van der Waals surface area (Å²) in [5.74, 6) is -0.935. The average molecular weight is 1430 g/mol. The van der Waals surface area contributed by atoms with Crippen LogP contribution in [0, 0.1) is 11.3 Å². The predicted octanol–water partition coefficient (Wildman–Crippen LogP) is 10.9. The molecule has 0 aliphatic rings. The van der Waals surface area contributed by atoms with E-state index in [1.807, 2.05) is 72.9 Å². The third-order valence-corrected chi connectivity index (χ3v) is 14.2. The second-order valence-electron chi connectivity index (χ2n) is 20.9. The number of aliphatic carboxylic acids is 1. The van der Waals surface area contributed by atoms with E-state index >= 15 is 0 Å². The van der Waals surface area contributed by atoms with Crippen molar-refractivity contribution in [3.63, 3.8) is 0 Å². The van der Waals surface area contributed by atoms with Crippen molar-refractivity contribution < 1.29 is 133 Å². The molecule has 0 unspecified atom stereocenters. The zero-order valence-corrected chi connectivity index (χ0v) is 55.9. The predicted molar refractivity (Wildman–Crippen MR) is 343 cm³/mol. The van der Waals surface area contributed by atoms with E-state index in [4.69, 9.17) is 33.5 Å². The standard InChI is InChI=1S/C23H16F3N3O2.C23H17F3N2O2.C22H15F3N2O.C2H4O2.CO2.ClO2.H3N.Na/c24-23(25,26)16-7-4-14(5-8-16)10-22(31)20-3-1-2-18(29-20)15-6-9-19-17(11-15)21(12-27-19)28-13-30;1-30-22-13-27-19-10-7-15(12-17(19)22)18-3-2-4-20(28-18)21(29)11-14-5-8-16(9-6-14)23(24,25)26;23-22(24,25)17-7-4-14(5-8-17)12-21(28)20-3-1-2-19(27-20)15-6-9-18-16(13-15)10-11-26-18;1-2(3)4;2*2-1-3;;/h1-9,11-13,27H,10H2,(H,28,30);2-10,12-13,27H,11H2,1H3;1-11,13,26H,12H2;1H3,(H,3,4);;;1H3;/q;;;;;-1;;+1. The summed E-state index contributed by atoms with van der Waals surface area (Å²) in [5, 5.41) is 12.8. The van der Waals surface area contributed by atoms with Crippen LogP contribution in [0.1, 0.15) is 71.8 Å². The number of carbonyl (C=O) groups is 5. The number of carbonyl (C=O) groups excluding carboxylic acids is 6. The maximum atomic E-state index is 12.7. The maximum absolute atomic E-state index is 12.7. The molecule has 30 heteroatoms. The molecule has 0 aliphatic heterocycles. The number of alkyl halides is 9. The molecule has 0 saturated carbocycles. The Balaban J connectivity index is 0.000000253. The average Bonchev–Trinajstić information content (AvgIpc) is 1.74. The Morgan fingerprint density at radius 3 is 1.22 bits per heavy atom. The summed E-state index contributed by atoms with van der Waals surface area (Å²) in [6, 6.07) is 48.2. The number of hydrogen-bond acceptors (Lipinski definition) is 14. The van der Waals surface area contributed by atoms with Gasteiger partial charge in [0.05, 0.1) is 57.9 Å². The number of rotatable bonds is 15. The number of nitrogens with one attached hydrogen (secondary N) is 4. The van der Waals surface area contributed by atoms with Gasteiger partial charge in [-0.15, -0.1) is 0 Å². The van der Waals surface area contributed by atoms with Crippen molar-refractivity contribution in [2.75, 3.05) is 12.4 Å². The fourth-order valence-corrected chi connectivity index (χ4v) is 9.61. The summed E-state index contributed by atoms with van der Waals surface area (Å²) in [5.41, 5.74) is 7.74. The minimum atomic E-state index is -4.42. The van der Waals surface area contributed by atoms with Gasteiger partial charge in [-0.1, -0.05) is 72.8 Å². The van der Waals surface area contributed by atoms with Gasteiger partial charge in [0.2, 0.25) is 6.41 Å². The number of benzene rings is 6.